The Balaban J connectivity index is 1.13. The zero-order chi connectivity index (χ0) is 25.3. The van der Waals surface area contributed by atoms with Crippen molar-refractivity contribution in [2.45, 2.75) is 30.9 Å². The fourth-order valence-corrected chi connectivity index (χ4v) is 6.34. The number of hydrogen-bond donors (Lipinski definition) is 1. The highest BCUT2D eigenvalue weighted by molar-refractivity contribution is 6.12. The molecule has 1 saturated carbocycles. The molecule has 1 N–H and O–H groups in total. The van der Waals surface area contributed by atoms with Crippen molar-refractivity contribution in [3.63, 3.8) is 0 Å². The van der Waals surface area contributed by atoms with Crippen LogP contribution in [-0.2, 0) is 19.7 Å². The Kier molecular flexibility index (Phi) is 4.81. The molecule has 1 aliphatic carbocycles. The van der Waals surface area contributed by atoms with E-state index in [1.807, 2.05) is 54.6 Å². The first-order valence-corrected chi connectivity index (χ1v) is 12.6. The number of nitrogens with zero attached hydrogens (tertiary/aromatic N) is 3. The Bertz CT molecular complexity index is 1440. The number of hydrogen-bond acceptors (Lipinski definition) is 6. The number of para-hydroxylation sites is 1. The lowest BCUT2D eigenvalue weighted by Gasteiger charge is -2.36. The fourth-order valence-electron chi connectivity index (χ4n) is 6.34. The van der Waals surface area contributed by atoms with E-state index in [0.29, 0.717) is 49.7 Å². The Morgan fingerprint density at radius 1 is 1.08 bits per heavy atom. The van der Waals surface area contributed by atoms with E-state index in [1.165, 1.54) is 0 Å². The van der Waals surface area contributed by atoms with Gasteiger partial charge in [0.05, 0.1) is 35.8 Å². The van der Waals surface area contributed by atoms with Gasteiger partial charge in [-0.3, -0.25) is 14.4 Å². The average Bonchev–Trinajstić information content (AvgIpc) is 3.17. The number of carbonyl (C=O) groups excluding carboxylic acids is 3. The lowest BCUT2D eigenvalue weighted by atomic mass is 9.94. The molecule has 37 heavy (non-hydrogen) atoms. The summed E-state index contributed by atoms with van der Waals surface area (Å²) in [5.74, 6) is -0.276. The van der Waals surface area contributed by atoms with E-state index in [4.69, 9.17) is 9.26 Å². The third-order valence-corrected chi connectivity index (χ3v) is 8.31. The van der Waals surface area contributed by atoms with Crippen molar-refractivity contribution in [2.24, 2.45) is 5.92 Å². The number of likely N-dealkylation sites (tertiary alicyclic amines) is 1. The molecule has 2 aromatic carbocycles. The van der Waals surface area contributed by atoms with Crippen LogP contribution in [0.3, 0.4) is 0 Å². The highest BCUT2D eigenvalue weighted by atomic mass is 16.5. The van der Waals surface area contributed by atoms with Gasteiger partial charge >= 0.3 is 0 Å². The molecule has 7 rings (SSSR count). The Labute approximate surface area is 213 Å². The van der Waals surface area contributed by atoms with Crippen molar-refractivity contribution in [1.29, 1.82) is 0 Å². The van der Waals surface area contributed by atoms with Crippen LogP contribution in [0, 0.1) is 12.8 Å². The van der Waals surface area contributed by atoms with Gasteiger partial charge in [-0.15, -0.1) is 0 Å². The second-order valence-corrected chi connectivity index (χ2v) is 10.3. The molecule has 1 spiro atoms. The summed E-state index contributed by atoms with van der Waals surface area (Å²) in [5, 5.41) is 7.01. The zero-order valence-corrected chi connectivity index (χ0v) is 20.3. The van der Waals surface area contributed by atoms with Crippen molar-refractivity contribution >= 4 is 23.4 Å². The first-order chi connectivity index (χ1) is 18.0. The number of fused-ring (bicyclic) bond motifs is 3. The number of aryl methyl sites for hydroxylation is 1. The zero-order valence-electron chi connectivity index (χ0n) is 20.3. The summed E-state index contributed by atoms with van der Waals surface area (Å²) in [7, 11) is 0. The highest BCUT2D eigenvalue weighted by Crippen LogP contribution is 2.60. The molecular formula is C28H26N4O5. The summed E-state index contributed by atoms with van der Waals surface area (Å²) >= 11 is 0. The van der Waals surface area contributed by atoms with Gasteiger partial charge in [0.25, 0.3) is 5.91 Å². The van der Waals surface area contributed by atoms with Gasteiger partial charge in [-0.05, 0) is 25.0 Å². The second kappa shape index (κ2) is 8.01. The smallest absolute Gasteiger partial charge is 0.260 e. The minimum absolute atomic E-state index is 0.0524. The average molecular weight is 499 g/mol. The minimum atomic E-state index is -0.776. The summed E-state index contributed by atoms with van der Waals surface area (Å²) < 4.78 is 11.6. The van der Waals surface area contributed by atoms with E-state index in [-0.39, 0.29) is 29.9 Å². The molecule has 4 heterocycles. The third-order valence-electron chi connectivity index (χ3n) is 8.31. The molecule has 9 nitrogen and oxygen atoms in total. The van der Waals surface area contributed by atoms with Crippen LogP contribution in [0.25, 0.3) is 11.3 Å². The molecule has 3 aliphatic heterocycles. The van der Waals surface area contributed by atoms with E-state index in [1.54, 1.807) is 16.7 Å². The van der Waals surface area contributed by atoms with Crippen LogP contribution >= 0.6 is 0 Å². The molecule has 1 aromatic heterocycles. The van der Waals surface area contributed by atoms with Crippen LogP contribution in [0.5, 0.6) is 0 Å². The first kappa shape index (κ1) is 22.2. The van der Waals surface area contributed by atoms with Crippen LogP contribution in [0.4, 0.5) is 5.69 Å². The number of rotatable bonds is 3. The van der Waals surface area contributed by atoms with Crippen molar-refractivity contribution in [3.05, 3.63) is 71.4 Å². The molecule has 3 amide bonds. The van der Waals surface area contributed by atoms with Gasteiger partial charge in [-0.1, -0.05) is 53.7 Å². The van der Waals surface area contributed by atoms with E-state index in [9.17, 15) is 14.4 Å². The van der Waals surface area contributed by atoms with E-state index < -0.39 is 11.3 Å². The van der Waals surface area contributed by atoms with Gasteiger partial charge in [-0.25, -0.2) is 0 Å². The molecular weight excluding hydrogens is 472 g/mol. The summed E-state index contributed by atoms with van der Waals surface area (Å²) in [6.45, 7) is 3.35. The number of benzene rings is 2. The normalized spacial score (nSPS) is 27.7. The molecule has 3 aromatic rings. The van der Waals surface area contributed by atoms with Gasteiger partial charge in [-0.2, -0.15) is 0 Å². The highest BCUT2D eigenvalue weighted by Gasteiger charge is 2.68. The van der Waals surface area contributed by atoms with Gasteiger partial charge in [0.2, 0.25) is 11.8 Å². The molecule has 0 unspecified atom stereocenters. The number of nitrogens with one attached hydrogen (secondary N) is 1. The fraction of sp³-hybridized carbons (Fsp3) is 0.357. The standard InChI is InChI=1S/C28H26N4O5/c1-16-23(24(37-30-16)17-7-3-2-4-8-17)26(34)32-11-12-36-22-15-31(14-21(22)32)25(33)19-13-28(19)18-9-5-6-10-20(18)29-27(28)35/h2-10,19,21-22H,11-15H2,1H3,(H,29,35)/t19-,21-,22+,28-/m0/s1. The SMILES string of the molecule is Cc1noc(-c2ccccc2)c1C(=O)N1CCO[C@@H]2CN(C(=O)[C@@H]3C[C@@]34C(=O)Nc3ccccc34)C[C@@H]21. The Morgan fingerprint density at radius 3 is 2.70 bits per heavy atom. The molecule has 4 atom stereocenters. The summed E-state index contributed by atoms with van der Waals surface area (Å²) in [6, 6.07) is 16.8. The molecule has 3 fully saturated rings. The number of amides is 3. The van der Waals surface area contributed by atoms with Crippen molar-refractivity contribution in [2.75, 3.05) is 31.6 Å². The van der Waals surface area contributed by atoms with Gasteiger partial charge in [0.1, 0.15) is 5.56 Å². The van der Waals surface area contributed by atoms with E-state index in [0.717, 1.165) is 16.8 Å². The minimum Gasteiger partial charge on any atom is -0.372 e. The van der Waals surface area contributed by atoms with Gasteiger partial charge < -0.3 is 24.4 Å². The Morgan fingerprint density at radius 2 is 1.86 bits per heavy atom. The molecule has 0 radical (unpaired) electrons. The number of carbonyl (C=O) groups is 3. The first-order valence-electron chi connectivity index (χ1n) is 12.6. The maximum atomic E-state index is 13.8. The van der Waals surface area contributed by atoms with E-state index in [2.05, 4.69) is 10.5 Å². The Hall–Kier alpha value is -3.98. The van der Waals surface area contributed by atoms with Crippen LogP contribution in [0.2, 0.25) is 0 Å². The number of anilines is 1. The maximum absolute atomic E-state index is 13.8. The number of aromatic nitrogens is 1. The summed E-state index contributed by atoms with van der Waals surface area (Å²) in [6.07, 6.45) is 0.228. The molecule has 2 saturated heterocycles. The molecule has 4 aliphatic rings. The van der Waals surface area contributed by atoms with Crippen molar-refractivity contribution < 1.29 is 23.6 Å². The topological polar surface area (TPSA) is 105 Å². The van der Waals surface area contributed by atoms with Crippen molar-refractivity contribution in [1.82, 2.24) is 15.0 Å². The number of morpholine rings is 1. The largest absolute Gasteiger partial charge is 0.372 e. The second-order valence-electron chi connectivity index (χ2n) is 10.3. The van der Waals surface area contributed by atoms with Gasteiger partial charge in [0, 0.05) is 30.9 Å². The predicted molar refractivity (Wildman–Crippen MR) is 133 cm³/mol. The molecule has 188 valence electrons. The molecule has 0 bridgehead atoms. The van der Waals surface area contributed by atoms with Gasteiger partial charge in [0.15, 0.2) is 5.76 Å². The lowest BCUT2D eigenvalue weighted by molar-refractivity contribution is -0.133. The summed E-state index contributed by atoms with van der Waals surface area (Å²) in [4.78, 5) is 43.9. The monoisotopic (exact) mass is 498 g/mol. The van der Waals surface area contributed by atoms with E-state index >= 15 is 0 Å². The van der Waals surface area contributed by atoms with Crippen LogP contribution in [0.15, 0.2) is 59.1 Å². The number of ether oxygens (including phenoxy) is 1. The van der Waals surface area contributed by atoms with Crippen LogP contribution in [-0.4, -0.2) is 71.1 Å². The predicted octanol–water partition coefficient (Wildman–Crippen LogP) is 2.61. The van der Waals surface area contributed by atoms with Crippen molar-refractivity contribution in [3.8, 4) is 11.3 Å². The molecule has 9 heteroatoms. The maximum Gasteiger partial charge on any atom is 0.260 e. The van der Waals surface area contributed by atoms with Crippen LogP contribution < -0.4 is 5.32 Å². The summed E-state index contributed by atoms with van der Waals surface area (Å²) in [5.41, 5.74) is 2.67. The lowest BCUT2D eigenvalue weighted by Crippen LogP contribution is -2.53. The van der Waals surface area contributed by atoms with Crippen LogP contribution in [0.1, 0.15) is 28.0 Å². The quantitative estimate of drug-likeness (QED) is 0.595. The third kappa shape index (κ3) is 3.20.